The summed E-state index contributed by atoms with van der Waals surface area (Å²) in [6.45, 7) is 0. The molecule has 4 rings (SSSR count). The van der Waals surface area contributed by atoms with Crippen LogP contribution in [-0.2, 0) is 0 Å². The predicted molar refractivity (Wildman–Crippen MR) is 123 cm³/mol. The molecule has 2 N–H and O–H groups in total. The molecule has 1 aromatic heterocycles. The Hall–Kier alpha value is -3.47. The second-order valence-electron chi connectivity index (χ2n) is 7.15. The molecule has 1 heterocycles. The fourth-order valence-corrected chi connectivity index (χ4v) is 3.76. The number of carbonyl (C=O) groups excluding carboxylic acids is 1. The minimum atomic E-state index is -0.914. The minimum absolute atomic E-state index is 0.341. The average Bonchev–Trinajstić information content (AvgIpc) is 2.83. The highest BCUT2D eigenvalue weighted by molar-refractivity contribution is 6.34. The normalized spacial score (nSPS) is 12.7. The van der Waals surface area contributed by atoms with Gasteiger partial charge in [0, 0.05) is 12.4 Å². The third-order valence-corrected chi connectivity index (χ3v) is 5.44. The van der Waals surface area contributed by atoms with Crippen molar-refractivity contribution in [1.82, 2.24) is 10.3 Å². The molecule has 0 radical (unpaired) electrons. The number of pyridine rings is 1. The number of hydrogen-bond donors (Lipinski definition) is 2. The van der Waals surface area contributed by atoms with E-state index in [2.05, 4.69) is 10.3 Å². The lowest BCUT2D eigenvalue weighted by Gasteiger charge is -2.25. The Morgan fingerprint density at radius 1 is 0.806 bits per heavy atom. The second-order valence-corrected chi connectivity index (χ2v) is 7.56. The fourth-order valence-electron chi connectivity index (χ4n) is 3.49. The van der Waals surface area contributed by atoms with Gasteiger partial charge in [-0.1, -0.05) is 78.3 Å². The van der Waals surface area contributed by atoms with Crippen LogP contribution in [0, 0.1) is 0 Å². The van der Waals surface area contributed by atoms with Crippen LogP contribution >= 0.6 is 11.6 Å². The molecule has 154 valence electrons. The summed E-state index contributed by atoms with van der Waals surface area (Å²) in [5.41, 5.74) is 3.73. The Morgan fingerprint density at radius 2 is 1.42 bits per heavy atom. The van der Waals surface area contributed by atoms with E-state index >= 15 is 0 Å². The van der Waals surface area contributed by atoms with Crippen LogP contribution in [0.2, 0.25) is 5.02 Å². The van der Waals surface area contributed by atoms with Gasteiger partial charge in [-0.05, 0) is 46.5 Å². The van der Waals surface area contributed by atoms with Gasteiger partial charge in [0.15, 0.2) is 0 Å². The summed E-state index contributed by atoms with van der Waals surface area (Å²) in [5.74, 6) is -0.352. The zero-order valence-corrected chi connectivity index (χ0v) is 17.4. The van der Waals surface area contributed by atoms with E-state index < -0.39 is 12.1 Å². The van der Waals surface area contributed by atoms with E-state index in [1.807, 2.05) is 78.9 Å². The van der Waals surface area contributed by atoms with Crippen molar-refractivity contribution in [2.24, 2.45) is 0 Å². The van der Waals surface area contributed by atoms with Crippen molar-refractivity contribution >= 4 is 17.5 Å². The van der Waals surface area contributed by atoms with Gasteiger partial charge in [0.1, 0.15) is 6.10 Å². The number of aromatic nitrogens is 1. The Kier molecular flexibility index (Phi) is 6.41. The molecule has 3 aromatic carbocycles. The van der Waals surface area contributed by atoms with Crippen LogP contribution in [0.15, 0.2) is 103 Å². The van der Waals surface area contributed by atoms with Crippen molar-refractivity contribution in [2.45, 2.75) is 12.1 Å². The number of benzene rings is 3. The van der Waals surface area contributed by atoms with Crippen LogP contribution in [0.5, 0.6) is 0 Å². The van der Waals surface area contributed by atoms with Crippen molar-refractivity contribution in [2.75, 3.05) is 0 Å². The summed E-state index contributed by atoms with van der Waals surface area (Å²) in [6, 6.07) is 27.1. The van der Waals surface area contributed by atoms with Crippen molar-refractivity contribution in [3.63, 3.8) is 0 Å². The molecule has 4 nitrogen and oxygen atoms in total. The average molecular weight is 429 g/mol. The van der Waals surface area contributed by atoms with Crippen LogP contribution in [0.1, 0.15) is 33.6 Å². The van der Waals surface area contributed by atoms with Gasteiger partial charge in [-0.2, -0.15) is 0 Å². The Bertz CT molecular complexity index is 1150. The molecular weight excluding hydrogens is 408 g/mol. The number of carbonyl (C=O) groups is 1. The lowest BCUT2D eigenvalue weighted by Crippen LogP contribution is -2.32. The van der Waals surface area contributed by atoms with E-state index in [0.29, 0.717) is 10.6 Å². The third kappa shape index (κ3) is 4.82. The maximum Gasteiger partial charge on any atom is 0.253 e. The quantitative estimate of drug-likeness (QED) is 0.419. The van der Waals surface area contributed by atoms with Gasteiger partial charge in [0.05, 0.1) is 16.6 Å². The number of nitrogens with one attached hydrogen (secondary N) is 1. The van der Waals surface area contributed by atoms with E-state index in [0.717, 1.165) is 22.3 Å². The Labute approximate surface area is 186 Å². The zero-order chi connectivity index (χ0) is 21.6. The SMILES string of the molecule is O=C(N[C@@H](c1ccccc1)[C@@H](O)c1ccccc1)c1ccc(-c2ccncc2)cc1Cl. The van der Waals surface area contributed by atoms with Crippen LogP contribution in [-0.4, -0.2) is 16.0 Å². The number of aliphatic hydroxyl groups is 1. The first-order valence-electron chi connectivity index (χ1n) is 9.92. The fraction of sp³-hybridized carbons (Fsp3) is 0.0769. The first-order valence-corrected chi connectivity index (χ1v) is 10.3. The van der Waals surface area contributed by atoms with Crippen LogP contribution in [0.4, 0.5) is 0 Å². The molecule has 0 aliphatic heterocycles. The Morgan fingerprint density at radius 3 is 2.03 bits per heavy atom. The van der Waals surface area contributed by atoms with E-state index in [1.54, 1.807) is 24.5 Å². The summed E-state index contributed by atoms with van der Waals surface area (Å²) in [7, 11) is 0. The van der Waals surface area contributed by atoms with Gasteiger partial charge in [-0.25, -0.2) is 0 Å². The number of nitrogens with zero attached hydrogens (tertiary/aromatic N) is 1. The topological polar surface area (TPSA) is 62.2 Å². The molecule has 5 heteroatoms. The summed E-state index contributed by atoms with van der Waals surface area (Å²) >= 11 is 6.46. The number of hydrogen-bond acceptors (Lipinski definition) is 3. The molecule has 0 fully saturated rings. The van der Waals surface area contributed by atoms with Crippen molar-refractivity contribution in [3.8, 4) is 11.1 Å². The molecule has 0 spiro atoms. The first kappa shape index (κ1) is 20.8. The highest BCUT2D eigenvalue weighted by Gasteiger charge is 2.25. The van der Waals surface area contributed by atoms with Crippen molar-refractivity contribution in [3.05, 3.63) is 125 Å². The summed E-state index contributed by atoms with van der Waals surface area (Å²) in [4.78, 5) is 17.1. The van der Waals surface area contributed by atoms with Gasteiger partial charge in [0.25, 0.3) is 5.91 Å². The maximum absolute atomic E-state index is 13.1. The van der Waals surface area contributed by atoms with Gasteiger partial charge in [-0.3, -0.25) is 9.78 Å². The van der Waals surface area contributed by atoms with Crippen molar-refractivity contribution in [1.29, 1.82) is 0 Å². The van der Waals surface area contributed by atoms with Crippen molar-refractivity contribution < 1.29 is 9.90 Å². The Balaban J connectivity index is 1.62. The first-order chi connectivity index (χ1) is 15.1. The molecule has 0 saturated heterocycles. The minimum Gasteiger partial charge on any atom is -0.386 e. The molecule has 2 atom stereocenters. The smallest absolute Gasteiger partial charge is 0.253 e. The number of halogens is 1. The number of aliphatic hydroxyl groups excluding tert-OH is 1. The van der Waals surface area contributed by atoms with E-state index in [-0.39, 0.29) is 5.91 Å². The third-order valence-electron chi connectivity index (χ3n) is 5.13. The summed E-state index contributed by atoms with van der Waals surface area (Å²) in [5, 5.41) is 14.3. The largest absolute Gasteiger partial charge is 0.386 e. The van der Waals surface area contributed by atoms with Gasteiger partial charge < -0.3 is 10.4 Å². The lowest BCUT2D eigenvalue weighted by molar-refractivity contribution is 0.0831. The number of rotatable bonds is 6. The molecule has 0 saturated carbocycles. The highest BCUT2D eigenvalue weighted by Crippen LogP contribution is 2.30. The van der Waals surface area contributed by atoms with E-state index in [9.17, 15) is 9.90 Å². The van der Waals surface area contributed by atoms with E-state index in [4.69, 9.17) is 11.6 Å². The molecule has 0 aliphatic carbocycles. The van der Waals surface area contributed by atoms with Gasteiger partial charge >= 0.3 is 0 Å². The summed E-state index contributed by atoms with van der Waals surface area (Å²) in [6.07, 6.45) is 2.50. The molecule has 4 aromatic rings. The van der Waals surface area contributed by atoms with Gasteiger partial charge in [-0.15, -0.1) is 0 Å². The highest BCUT2D eigenvalue weighted by atomic mass is 35.5. The molecular formula is C26H21ClN2O2. The molecule has 1 amide bonds. The second kappa shape index (κ2) is 9.56. The molecule has 0 unspecified atom stereocenters. The summed E-state index contributed by atoms with van der Waals surface area (Å²) < 4.78 is 0. The maximum atomic E-state index is 13.1. The molecule has 0 bridgehead atoms. The van der Waals surface area contributed by atoms with Crippen LogP contribution in [0.3, 0.4) is 0 Å². The molecule has 31 heavy (non-hydrogen) atoms. The van der Waals surface area contributed by atoms with Crippen LogP contribution in [0.25, 0.3) is 11.1 Å². The standard InChI is InChI=1S/C26H21ClN2O2/c27-23-17-21(18-13-15-28-16-14-18)11-12-22(23)26(31)29-24(19-7-3-1-4-8-19)25(30)20-9-5-2-6-10-20/h1-17,24-25,30H,(H,29,31)/t24-,25-/m0/s1. The predicted octanol–water partition coefficient (Wildman–Crippen LogP) is 5.61. The monoisotopic (exact) mass is 428 g/mol. The number of amides is 1. The van der Waals surface area contributed by atoms with E-state index in [1.165, 1.54) is 0 Å². The molecule has 0 aliphatic rings. The van der Waals surface area contributed by atoms with Crippen LogP contribution < -0.4 is 5.32 Å². The van der Waals surface area contributed by atoms with Gasteiger partial charge in [0.2, 0.25) is 0 Å². The lowest BCUT2D eigenvalue weighted by atomic mass is 9.95. The zero-order valence-electron chi connectivity index (χ0n) is 16.7.